The van der Waals surface area contributed by atoms with Crippen molar-refractivity contribution in [1.29, 1.82) is 0 Å². The smallest absolute Gasteiger partial charge is 0.152 e. The van der Waals surface area contributed by atoms with E-state index < -0.39 is 11.5 Å². The Morgan fingerprint density at radius 3 is 2.61 bits per heavy atom. The average molecular weight is 442 g/mol. The SMILES string of the molecule is O=CC1Nc2c(O)ccc([C@@H](O)CNCCc3ccc(CN4CCCCC4)cc3)c2S1. The van der Waals surface area contributed by atoms with E-state index in [1.54, 1.807) is 12.1 Å². The molecule has 0 saturated carbocycles. The first kappa shape index (κ1) is 22.1. The molecule has 1 unspecified atom stereocenters. The van der Waals surface area contributed by atoms with Crippen LogP contribution in [0.25, 0.3) is 0 Å². The maximum Gasteiger partial charge on any atom is 0.152 e. The standard InChI is InChI=1S/C24H31N3O3S/c28-16-22-26-23-20(29)9-8-19(24(23)31-22)21(30)14-25-11-10-17-4-6-18(7-5-17)15-27-12-2-1-3-13-27/h4-9,16,21-22,25-26,29-30H,1-3,10-15H2/t21-,22?/m0/s1. The third kappa shape index (κ3) is 5.60. The number of thioether (sulfide) groups is 1. The number of aliphatic hydroxyl groups is 1. The van der Waals surface area contributed by atoms with E-state index in [1.165, 1.54) is 55.2 Å². The maximum absolute atomic E-state index is 11.1. The Labute approximate surface area is 188 Å². The predicted molar refractivity (Wildman–Crippen MR) is 125 cm³/mol. The van der Waals surface area contributed by atoms with Crippen LogP contribution in [0.15, 0.2) is 41.3 Å². The molecule has 0 radical (unpaired) electrons. The van der Waals surface area contributed by atoms with Crippen molar-refractivity contribution in [1.82, 2.24) is 10.2 Å². The number of phenols is 1. The topological polar surface area (TPSA) is 84.8 Å². The Hall–Kier alpha value is -2.06. The first-order valence-corrected chi connectivity index (χ1v) is 12.0. The maximum atomic E-state index is 11.1. The third-order valence-electron chi connectivity index (χ3n) is 5.99. The zero-order valence-electron chi connectivity index (χ0n) is 17.7. The molecule has 0 amide bonds. The number of fused-ring (bicyclic) bond motifs is 1. The minimum atomic E-state index is -0.707. The van der Waals surface area contributed by atoms with Gasteiger partial charge in [0, 0.05) is 18.0 Å². The summed E-state index contributed by atoms with van der Waals surface area (Å²) in [5.41, 5.74) is 3.91. The minimum absolute atomic E-state index is 0.0968. The molecule has 2 aromatic carbocycles. The lowest BCUT2D eigenvalue weighted by atomic mass is 10.1. The Bertz CT molecular complexity index is 884. The number of nitrogens with one attached hydrogen (secondary N) is 2. The summed E-state index contributed by atoms with van der Waals surface area (Å²) in [6, 6.07) is 12.1. The van der Waals surface area contributed by atoms with E-state index in [0.29, 0.717) is 12.2 Å². The molecule has 1 fully saturated rings. The highest BCUT2D eigenvalue weighted by Crippen LogP contribution is 2.46. The second-order valence-electron chi connectivity index (χ2n) is 8.32. The normalized spacial score (nSPS) is 19.6. The molecule has 2 aliphatic rings. The van der Waals surface area contributed by atoms with Gasteiger partial charge < -0.3 is 25.6 Å². The molecule has 0 spiro atoms. The van der Waals surface area contributed by atoms with E-state index in [1.807, 2.05) is 0 Å². The molecule has 0 aromatic heterocycles. The van der Waals surface area contributed by atoms with Crippen LogP contribution in [0.5, 0.6) is 5.75 Å². The highest BCUT2D eigenvalue weighted by atomic mass is 32.2. The number of piperidine rings is 1. The van der Waals surface area contributed by atoms with Gasteiger partial charge in [-0.2, -0.15) is 0 Å². The number of phenolic OH excluding ortho intramolecular Hbond substituents is 1. The summed E-state index contributed by atoms with van der Waals surface area (Å²) >= 11 is 1.32. The number of anilines is 1. The quantitative estimate of drug-likeness (QED) is 0.270. The first-order valence-electron chi connectivity index (χ1n) is 11.1. The minimum Gasteiger partial charge on any atom is -0.506 e. The molecule has 0 aliphatic carbocycles. The van der Waals surface area contributed by atoms with E-state index in [9.17, 15) is 15.0 Å². The molecular weight excluding hydrogens is 410 g/mol. The van der Waals surface area contributed by atoms with Crippen molar-refractivity contribution in [2.45, 2.75) is 48.6 Å². The molecule has 2 heterocycles. The lowest BCUT2D eigenvalue weighted by Crippen LogP contribution is -2.29. The number of carbonyl (C=O) groups excluding carboxylic acids is 1. The van der Waals surface area contributed by atoms with Crippen LogP contribution in [-0.4, -0.2) is 53.0 Å². The van der Waals surface area contributed by atoms with Gasteiger partial charge >= 0.3 is 0 Å². The molecule has 2 atom stereocenters. The summed E-state index contributed by atoms with van der Waals surface area (Å²) in [5, 5.41) is 26.5. The number of benzene rings is 2. The van der Waals surface area contributed by atoms with E-state index in [4.69, 9.17) is 0 Å². The van der Waals surface area contributed by atoms with Crippen molar-refractivity contribution in [3.63, 3.8) is 0 Å². The third-order valence-corrected chi connectivity index (χ3v) is 7.14. The molecule has 2 aliphatic heterocycles. The van der Waals surface area contributed by atoms with Gasteiger partial charge in [-0.05, 0) is 61.7 Å². The number of aldehydes is 1. The van der Waals surface area contributed by atoms with E-state index in [-0.39, 0.29) is 5.75 Å². The fourth-order valence-electron chi connectivity index (χ4n) is 4.25. The van der Waals surface area contributed by atoms with Crippen molar-refractivity contribution in [3.8, 4) is 5.75 Å². The van der Waals surface area contributed by atoms with Gasteiger partial charge in [-0.15, -0.1) is 0 Å². The molecule has 0 bridgehead atoms. The average Bonchev–Trinajstić information content (AvgIpc) is 3.24. The summed E-state index contributed by atoms with van der Waals surface area (Å²) in [5.74, 6) is 0.0968. The highest BCUT2D eigenvalue weighted by molar-refractivity contribution is 8.01. The van der Waals surface area contributed by atoms with Gasteiger partial charge in [-0.1, -0.05) is 48.5 Å². The van der Waals surface area contributed by atoms with Crippen LogP contribution >= 0.6 is 11.8 Å². The Morgan fingerprint density at radius 1 is 1.13 bits per heavy atom. The van der Waals surface area contributed by atoms with Gasteiger partial charge in [0.2, 0.25) is 0 Å². The van der Waals surface area contributed by atoms with Gasteiger partial charge in [-0.3, -0.25) is 4.90 Å². The highest BCUT2D eigenvalue weighted by Gasteiger charge is 2.28. The van der Waals surface area contributed by atoms with Gasteiger partial charge in [0.15, 0.2) is 6.29 Å². The second kappa shape index (κ2) is 10.5. The predicted octanol–water partition coefficient (Wildman–Crippen LogP) is 3.29. The molecule has 7 heteroatoms. The number of aliphatic hydroxyl groups excluding tert-OH is 1. The Morgan fingerprint density at radius 2 is 1.87 bits per heavy atom. The first-order chi connectivity index (χ1) is 15.1. The number of likely N-dealkylation sites (tertiary alicyclic amines) is 1. The fourth-order valence-corrected chi connectivity index (χ4v) is 5.35. The lowest BCUT2D eigenvalue weighted by molar-refractivity contribution is -0.107. The van der Waals surface area contributed by atoms with Crippen molar-refractivity contribution >= 4 is 23.7 Å². The zero-order valence-corrected chi connectivity index (χ0v) is 18.5. The molecule has 6 nitrogen and oxygen atoms in total. The zero-order chi connectivity index (χ0) is 21.6. The Kier molecular flexibility index (Phi) is 7.50. The molecule has 31 heavy (non-hydrogen) atoms. The number of nitrogens with zero attached hydrogens (tertiary/aromatic N) is 1. The molecule has 2 aromatic rings. The number of rotatable bonds is 9. The molecule has 166 valence electrons. The molecule has 4 rings (SSSR count). The summed E-state index contributed by atoms with van der Waals surface area (Å²) in [7, 11) is 0. The van der Waals surface area contributed by atoms with Gasteiger partial charge in [0.1, 0.15) is 11.1 Å². The largest absolute Gasteiger partial charge is 0.506 e. The summed E-state index contributed by atoms with van der Waals surface area (Å²) < 4.78 is 0. The molecular formula is C24H31N3O3S. The fraction of sp³-hybridized carbons (Fsp3) is 0.458. The molecule has 4 N–H and O–H groups in total. The van der Waals surface area contributed by atoms with Crippen LogP contribution in [0.3, 0.4) is 0 Å². The van der Waals surface area contributed by atoms with Crippen LogP contribution in [-0.2, 0) is 17.8 Å². The van der Waals surface area contributed by atoms with Crippen molar-refractivity contribution in [2.24, 2.45) is 0 Å². The van der Waals surface area contributed by atoms with Gasteiger partial charge in [-0.25, -0.2) is 0 Å². The Balaban J connectivity index is 1.24. The molecule has 1 saturated heterocycles. The number of aromatic hydroxyl groups is 1. The summed E-state index contributed by atoms with van der Waals surface area (Å²) in [6.07, 6.45) is 4.98. The summed E-state index contributed by atoms with van der Waals surface area (Å²) in [4.78, 5) is 14.4. The number of carbonyl (C=O) groups is 1. The number of hydrogen-bond acceptors (Lipinski definition) is 7. The van der Waals surface area contributed by atoms with Crippen LogP contribution in [0.1, 0.15) is 42.1 Å². The van der Waals surface area contributed by atoms with Gasteiger partial charge in [0.25, 0.3) is 0 Å². The lowest BCUT2D eigenvalue weighted by Gasteiger charge is -2.26. The van der Waals surface area contributed by atoms with Crippen LogP contribution in [0.4, 0.5) is 5.69 Å². The van der Waals surface area contributed by atoms with Crippen molar-refractivity contribution in [2.75, 3.05) is 31.5 Å². The van der Waals surface area contributed by atoms with E-state index in [0.717, 1.165) is 36.3 Å². The van der Waals surface area contributed by atoms with Gasteiger partial charge in [0.05, 0.1) is 11.8 Å². The van der Waals surface area contributed by atoms with E-state index in [2.05, 4.69) is 39.8 Å². The second-order valence-corrected chi connectivity index (χ2v) is 9.47. The van der Waals surface area contributed by atoms with Crippen LogP contribution in [0, 0.1) is 0 Å². The summed E-state index contributed by atoms with van der Waals surface area (Å²) in [6.45, 7) is 4.65. The number of hydrogen-bond donors (Lipinski definition) is 4. The van der Waals surface area contributed by atoms with E-state index >= 15 is 0 Å². The van der Waals surface area contributed by atoms with Crippen molar-refractivity contribution in [3.05, 3.63) is 53.1 Å². The van der Waals surface area contributed by atoms with Crippen molar-refractivity contribution < 1.29 is 15.0 Å². The van der Waals surface area contributed by atoms with Crippen LogP contribution in [0.2, 0.25) is 0 Å². The monoisotopic (exact) mass is 441 g/mol. The van der Waals surface area contributed by atoms with Crippen LogP contribution < -0.4 is 10.6 Å².